The second kappa shape index (κ2) is 9.58. The molecule has 2 fully saturated rings. The topological polar surface area (TPSA) is 69.7 Å². The third kappa shape index (κ3) is 5.80. The lowest BCUT2D eigenvalue weighted by Crippen LogP contribution is -2.47. The van der Waals surface area contributed by atoms with Crippen molar-refractivity contribution in [1.82, 2.24) is 14.5 Å². The molecule has 1 aliphatic carbocycles. The summed E-state index contributed by atoms with van der Waals surface area (Å²) in [5, 5.41) is 3.06. The summed E-state index contributed by atoms with van der Waals surface area (Å²) < 4.78 is 26.4. The van der Waals surface area contributed by atoms with E-state index in [-0.39, 0.29) is 17.9 Å². The third-order valence-electron chi connectivity index (χ3n) is 6.24. The molecule has 162 valence electrons. The summed E-state index contributed by atoms with van der Waals surface area (Å²) in [6.07, 6.45) is 4.50. The van der Waals surface area contributed by atoms with Crippen LogP contribution in [0, 0.1) is 5.92 Å². The van der Waals surface area contributed by atoms with E-state index in [9.17, 15) is 13.2 Å². The number of benzene rings is 1. The largest absolute Gasteiger partial charge is 0.355 e. The summed E-state index contributed by atoms with van der Waals surface area (Å²) in [6, 6.07) is 8.51. The first-order chi connectivity index (χ1) is 13.8. The highest BCUT2D eigenvalue weighted by Crippen LogP contribution is 2.32. The van der Waals surface area contributed by atoms with E-state index in [2.05, 4.69) is 48.3 Å². The predicted molar refractivity (Wildman–Crippen MR) is 116 cm³/mol. The van der Waals surface area contributed by atoms with Crippen molar-refractivity contribution in [3.63, 3.8) is 0 Å². The van der Waals surface area contributed by atoms with Gasteiger partial charge < -0.3 is 5.32 Å². The van der Waals surface area contributed by atoms with Crippen LogP contribution in [0.4, 0.5) is 0 Å². The van der Waals surface area contributed by atoms with Crippen molar-refractivity contribution in [2.45, 2.75) is 58.0 Å². The number of hydrogen-bond acceptors (Lipinski definition) is 4. The van der Waals surface area contributed by atoms with Crippen LogP contribution in [0.25, 0.3) is 0 Å². The number of carbonyl (C=O) groups excluding carboxylic acids is 1. The summed E-state index contributed by atoms with van der Waals surface area (Å²) in [4.78, 5) is 15.0. The van der Waals surface area contributed by atoms with Gasteiger partial charge in [0.2, 0.25) is 15.9 Å². The molecule has 1 saturated heterocycles. The van der Waals surface area contributed by atoms with Crippen molar-refractivity contribution in [1.29, 1.82) is 0 Å². The summed E-state index contributed by atoms with van der Waals surface area (Å²) in [6.45, 7) is 7.85. The molecular formula is C22H35N3O3S. The Morgan fingerprint density at radius 2 is 1.79 bits per heavy atom. The van der Waals surface area contributed by atoms with Gasteiger partial charge in [0.05, 0.1) is 12.2 Å². The quantitative estimate of drug-likeness (QED) is 0.811. The van der Waals surface area contributed by atoms with Crippen LogP contribution in [0.1, 0.15) is 56.6 Å². The Kier molecular flexibility index (Phi) is 7.35. The van der Waals surface area contributed by atoms with Crippen molar-refractivity contribution in [2.75, 3.05) is 32.4 Å². The van der Waals surface area contributed by atoms with E-state index in [1.54, 1.807) is 4.31 Å². The zero-order chi connectivity index (χ0) is 21.0. The minimum absolute atomic E-state index is 0.00397. The van der Waals surface area contributed by atoms with Gasteiger partial charge in [-0.05, 0) is 42.9 Å². The highest BCUT2D eigenvalue weighted by Gasteiger charge is 2.40. The Balaban J connectivity index is 1.71. The molecule has 29 heavy (non-hydrogen) atoms. The maximum atomic E-state index is 12.7. The van der Waals surface area contributed by atoms with Crippen molar-refractivity contribution >= 4 is 15.9 Å². The molecule has 1 N–H and O–H groups in total. The predicted octanol–water partition coefficient (Wildman–Crippen LogP) is 2.56. The van der Waals surface area contributed by atoms with Crippen molar-refractivity contribution in [2.24, 2.45) is 5.92 Å². The monoisotopic (exact) mass is 421 g/mol. The van der Waals surface area contributed by atoms with Gasteiger partial charge >= 0.3 is 0 Å². The van der Waals surface area contributed by atoms with Gasteiger partial charge in [-0.2, -0.15) is 4.31 Å². The van der Waals surface area contributed by atoms with Gasteiger partial charge in [-0.3, -0.25) is 9.69 Å². The molecule has 1 amide bonds. The molecule has 0 aromatic heterocycles. The van der Waals surface area contributed by atoms with Crippen molar-refractivity contribution < 1.29 is 13.2 Å². The lowest BCUT2D eigenvalue weighted by molar-refractivity contribution is -0.125. The van der Waals surface area contributed by atoms with Gasteiger partial charge in [0.1, 0.15) is 0 Å². The standard InChI is InChI=1S/C22H35N3O3S/c1-17(2)19-10-8-18(9-11-19)16-24-13-5-14-25(29(3,27)28)21-7-4-6-20(21)22(26)23-12-15-24/h8-11,17,20-21H,4-7,12-16H2,1-3H3,(H,23,26)/t20-,21+/m1/s1. The lowest BCUT2D eigenvalue weighted by atomic mass is 10.0. The summed E-state index contributed by atoms with van der Waals surface area (Å²) in [5.74, 6) is 0.294. The number of fused-ring (bicyclic) bond motifs is 1. The van der Waals surface area contributed by atoms with Gasteiger partial charge in [0, 0.05) is 32.2 Å². The second-order valence-electron chi connectivity index (χ2n) is 8.80. The average molecular weight is 422 g/mol. The molecule has 1 heterocycles. The van der Waals surface area contributed by atoms with Crippen LogP contribution in [0.15, 0.2) is 24.3 Å². The van der Waals surface area contributed by atoms with Gasteiger partial charge in [0.15, 0.2) is 0 Å². The van der Waals surface area contributed by atoms with Crippen LogP contribution in [0.3, 0.4) is 0 Å². The number of nitrogens with zero attached hydrogens (tertiary/aromatic N) is 2. The Labute approximate surface area is 175 Å². The smallest absolute Gasteiger partial charge is 0.224 e. The van der Waals surface area contributed by atoms with E-state index in [4.69, 9.17) is 0 Å². The van der Waals surface area contributed by atoms with Crippen LogP contribution >= 0.6 is 0 Å². The van der Waals surface area contributed by atoms with E-state index in [1.165, 1.54) is 17.4 Å². The average Bonchev–Trinajstić information content (AvgIpc) is 3.12. The number of amides is 1. The number of rotatable bonds is 4. The number of hydrogen-bond donors (Lipinski definition) is 1. The second-order valence-corrected chi connectivity index (χ2v) is 10.7. The molecule has 6 nitrogen and oxygen atoms in total. The fourth-order valence-corrected chi connectivity index (χ4v) is 5.83. The molecule has 7 heteroatoms. The third-order valence-corrected chi connectivity index (χ3v) is 7.55. The molecule has 0 spiro atoms. The van der Waals surface area contributed by atoms with Crippen molar-refractivity contribution in [3.05, 3.63) is 35.4 Å². The first-order valence-corrected chi connectivity index (χ1v) is 12.7. The Bertz CT molecular complexity index is 792. The molecule has 0 bridgehead atoms. The van der Waals surface area contributed by atoms with Crippen LogP contribution in [0.2, 0.25) is 0 Å². The van der Waals surface area contributed by atoms with Crippen LogP contribution < -0.4 is 5.32 Å². The molecule has 1 aliphatic heterocycles. The molecule has 1 aromatic carbocycles. The number of sulfonamides is 1. The first kappa shape index (κ1) is 22.2. The maximum Gasteiger partial charge on any atom is 0.224 e. The Morgan fingerprint density at radius 3 is 2.45 bits per heavy atom. The lowest BCUT2D eigenvalue weighted by Gasteiger charge is -2.30. The first-order valence-electron chi connectivity index (χ1n) is 10.8. The summed E-state index contributed by atoms with van der Waals surface area (Å²) in [5.41, 5.74) is 2.57. The van der Waals surface area contributed by atoms with E-state index in [0.29, 0.717) is 19.0 Å². The molecule has 1 aromatic rings. The fraction of sp³-hybridized carbons (Fsp3) is 0.682. The molecule has 2 aliphatic rings. The summed E-state index contributed by atoms with van der Waals surface area (Å²) in [7, 11) is -3.34. The zero-order valence-electron chi connectivity index (χ0n) is 17.9. The van der Waals surface area contributed by atoms with Gasteiger partial charge in [-0.25, -0.2) is 8.42 Å². The zero-order valence-corrected chi connectivity index (χ0v) is 18.7. The van der Waals surface area contributed by atoms with Crippen molar-refractivity contribution in [3.8, 4) is 0 Å². The van der Waals surface area contributed by atoms with E-state index < -0.39 is 10.0 Å². The fourth-order valence-electron chi connectivity index (χ4n) is 4.62. The molecule has 0 radical (unpaired) electrons. The maximum absolute atomic E-state index is 12.7. The molecule has 3 rings (SSSR count). The minimum atomic E-state index is -3.34. The normalized spacial score (nSPS) is 25.4. The van der Waals surface area contributed by atoms with Crippen LogP contribution in [0.5, 0.6) is 0 Å². The summed E-state index contributed by atoms with van der Waals surface area (Å²) >= 11 is 0. The Hall–Kier alpha value is -1.44. The van der Waals surface area contributed by atoms with E-state index in [1.807, 2.05) is 0 Å². The molecule has 0 unspecified atom stereocenters. The van der Waals surface area contributed by atoms with Crippen LogP contribution in [-0.4, -0.2) is 62.0 Å². The SMILES string of the molecule is CC(C)c1ccc(CN2CCCN(S(C)(=O)=O)[C@H]3CCC[C@H]3C(=O)NCC2)cc1. The van der Waals surface area contributed by atoms with E-state index in [0.717, 1.165) is 45.3 Å². The molecule has 2 atom stereocenters. The highest BCUT2D eigenvalue weighted by molar-refractivity contribution is 7.88. The number of nitrogens with one attached hydrogen (secondary N) is 1. The minimum Gasteiger partial charge on any atom is -0.355 e. The molecular weight excluding hydrogens is 386 g/mol. The van der Waals surface area contributed by atoms with E-state index >= 15 is 0 Å². The van der Waals surface area contributed by atoms with Crippen LogP contribution in [-0.2, 0) is 21.4 Å². The van der Waals surface area contributed by atoms with Gasteiger partial charge in [-0.15, -0.1) is 0 Å². The van der Waals surface area contributed by atoms with Gasteiger partial charge in [-0.1, -0.05) is 44.5 Å². The van der Waals surface area contributed by atoms with Gasteiger partial charge in [0.25, 0.3) is 0 Å². The molecule has 1 saturated carbocycles. The Morgan fingerprint density at radius 1 is 1.07 bits per heavy atom. The highest BCUT2D eigenvalue weighted by atomic mass is 32.2. The number of carbonyl (C=O) groups is 1.